The van der Waals surface area contributed by atoms with E-state index in [1.165, 1.54) is 55.1 Å². The molecule has 0 saturated heterocycles. The van der Waals surface area contributed by atoms with Crippen LogP contribution in [0.3, 0.4) is 0 Å². The molecule has 0 unspecified atom stereocenters. The van der Waals surface area contributed by atoms with Gasteiger partial charge >= 0.3 is 0 Å². The second kappa shape index (κ2) is 4.86. The maximum atomic E-state index is 2.36. The highest BCUT2D eigenvalue weighted by Crippen LogP contribution is 2.48. The Balaban J connectivity index is 1.90. The largest absolute Gasteiger partial charge is 0.350 e. The zero-order valence-corrected chi connectivity index (χ0v) is 14.5. The smallest absolute Gasteiger partial charge is 0.0490 e. The lowest BCUT2D eigenvalue weighted by atomic mass is 9.92. The van der Waals surface area contributed by atoms with Crippen LogP contribution in [0, 0.1) is 0 Å². The summed E-state index contributed by atoms with van der Waals surface area (Å²) in [4.78, 5) is 0. The van der Waals surface area contributed by atoms with Gasteiger partial charge in [-0.2, -0.15) is 0 Å². The number of hydrogen-bond donors (Lipinski definition) is 0. The third kappa shape index (κ3) is 1.70. The Morgan fingerprint density at radius 1 is 0.538 bits per heavy atom. The number of fused-ring (bicyclic) bond motifs is 6. The molecule has 1 heteroatoms. The average molecular weight is 331 g/mol. The predicted octanol–water partition coefficient (Wildman–Crippen LogP) is 6.65. The first kappa shape index (κ1) is 13.9. The fourth-order valence-electron chi connectivity index (χ4n) is 4.51. The minimum atomic E-state index is 1.29. The lowest BCUT2D eigenvalue weighted by Crippen LogP contribution is -1.88. The Morgan fingerprint density at radius 3 is 1.85 bits per heavy atom. The van der Waals surface area contributed by atoms with Crippen LogP contribution in [0.2, 0.25) is 0 Å². The van der Waals surface area contributed by atoms with Crippen LogP contribution in [-0.2, 0) is 7.05 Å². The van der Waals surface area contributed by atoms with E-state index in [0.717, 1.165) is 0 Å². The molecule has 122 valence electrons. The molecule has 0 saturated carbocycles. The molecule has 0 spiro atoms. The van der Waals surface area contributed by atoms with Gasteiger partial charge in [-0.15, -0.1) is 0 Å². The monoisotopic (exact) mass is 331 g/mol. The topological polar surface area (TPSA) is 4.93 Å². The summed E-state index contributed by atoms with van der Waals surface area (Å²) in [5.41, 5.74) is 9.23. The Kier molecular flexibility index (Phi) is 2.60. The maximum Gasteiger partial charge on any atom is 0.0490 e. The molecule has 4 aromatic carbocycles. The molecule has 1 aliphatic carbocycles. The van der Waals surface area contributed by atoms with Gasteiger partial charge in [0.25, 0.3) is 0 Å². The van der Waals surface area contributed by atoms with Crippen LogP contribution in [0.5, 0.6) is 0 Å². The van der Waals surface area contributed by atoms with Gasteiger partial charge in [0.1, 0.15) is 0 Å². The van der Waals surface area contributed by atoms with Crippen molar-refractivity contribution in [3.8, 4) is 33.4 Å². The summed E-state index contributed by atoms with van der Waals surface area (Å²) >= 11 is 0. The van der Waals surface area contributed by atoms with E-state index in [0.29, 0.717) is 0 Å². The SMILES string of the molecule is Cn1cc2c3c(cccc31)-c1ccccc1-c1cc3ccccc3cc1-2. The van der Waals surface area contributed by atoms with E-state index in [1.54, 1.807) is 0 Å². The summed E-state index contributed by atoms with van der Waals surface area (Å²) in [6.45, 7) is 0. The predicted molar refractivity (Wildman–Crippen MR) is 110 cm³/mol. The first-order valence-electron chi connectivity index (χ1n) is 9.02. The van der Waals surface area contributed by atoms with Crippen LogP contribution < -0.4 is 0 Å². The van der Waals surface area contributed by atoms with Crippen molar-refractivity contribution in [1.82, 2.24) is 4.57 Å². The average Bonchev–Trinajstić information content (AvgIpc) is 2.98. The minimum Gasteiger partial charge on any atom is -0.350 e. The van der Waals surface area contributed by atoms with E-state index < -0.39 is 0 Å². The molecule has 0 fully saturated rings. The number of rotatable bonds is 0. The first-order chi connectivity index (χ1) is 12.8. The van der Waals surface area contributed by atoms with E-state index in [4.69, 9.17) is 0 Å². The second-order valence-corrected chi connectivity index (χ2v) is 7.14. The first-order valence-corrected chi connectivity index (χ1v) is 9.02. The van der Waals surface area contributed by atoms with Gasteiger partial charge in [-0.3, -0.25) is 0 Å². The van der Waals surface area contributed by atoms with Gasteiger partial charge in [0.15, 0.2) is 0 Å². The van der Waals surface area contributed by atoms with Crippen molar-refractivity contribution in [3.05, 3.63) is 85.1 Å². The standard InChI is InChI=1S/C25H17N/c1-26-15-23-22-14-17-8-3-2-7-16(17)13-21(22)19-10-5-4-9-18(19)20-11-6-12-24(26)25(20)23/h2-15H,1H3. The molecular formula is C25H17N. The quantitative estimate of drug-likeness (QED) is 0.294. The lowest BCUT2D eigenvalue weighted by molar-refractivity contribution is 0.970. The van der Waals surface area contributed by atoms with Crippen LogP contribution in [-0.4, -0.2) is 4.57 Å². The zero-order chi connectivity index (χ0) is 17.3. The Hall–Kier alpha value is -3.32. The molecule has 6 rings (SSSR count). The van der Waals surface area contributed by atoms with E-state index >= 15 is 0 Å². The molecule has 5 aromatic rings. The summed E-state index contributed by atoms with van der Waals surface area (Å²) < 4.78 is 2.25. The van der Waals surface area contributed by atoms with Crippen LogP contribution in [0.15, 0.2) is 85.1 Å². The van der Waals surface area contributed by atoms with Crippen LogP contribution >= 0.6 is 0 Å². The Morgan fingerprint density at radius 2 is 1.12 bits per heavy atom. The third-order valence-electron chi connectivity index (χ3n) is 5.70. The molecule has 0 amide bonds. The minimum absolute atomic E-state index is 1.29. The summed E-state index contributed by atoms with van der Waals surface area (Å²) in [5.74, 6) is 0. The van der Waals surface area contributed by atoms with Crippen LogP contribution in [0.4, 0.5) is 0 Å². The molecule has 1 nitrogen and oxygen atoms in total. The second-order valence-electron chi connectivity index (χ2n) is 7.14. The van der Waals surface area contributed by atoms with Crippen molar-refractivity contribution in [3.63, 3.8) is 0 Å². The number of aromatic nitrogens is 1. The Labute approximate surface area is 152 Å². The fraction of sp³-hybridized carbons (Fsp3) is 0.0400. The molecule has 26 heavy (non-hydrogen) atoms. The number of benzene rings is 4. The van der Waals surface area contributed by atoms with Crippen molar-refractivity contribution < 1.29 is 0 Å². The van der Waals surface area contributed by atoms with Crippen molar-refractivity contribution in [2.24, 2.45) is 7.05 Å². The number of nitrogens with zero attached hydrogens (tertiary/aromatic N) is 1. The van der Waals surface area contributed by atoms with Gasteiger partial charge in [0, 0.05) is 29.7 Å². The molecule has 1 heterocycles. The molecule has 0 atom stereocenters. The Bertz CT molecular complexity index is 1340. The van der Waals surface area contributed by atoms with Gasteiger partial charge < -0.3 is 4.57 Å². The molecular weight excluding hydrogens is 314 g/mol. The molecule has 1 aliphatic rings. The molecule has 0 bridgehead atoms. The van der Waals surface area contributed by atoms with Crippen LogP contribution in [0.1, 0.15) is 0 Å². The van der Waals surface area contributed by atoms with Crippen LogP contribution in [0.25, 0.3) is 55.1 Å². The van der Waals surface area contributed by atoms with Gasteiger partial charge in [-0.05, 0) is 56.8 Å². The third-order valence-corrected chi connectivity index (χ3v) is 5.70. The van der Waals surface area contributed by atoms with Gasteiger partial charge in [0.05, 0.1) is 0 Å². The highest BCUT2D eigenvalue weighted by molar-refractivity contribution is 6.14. The van der Waals surface area contributed by atoms with Crippen molar-refractivity contribution >= 4 is 21.7 Å². The van der Waals surface area contributed by atoms with E-state index in [2.05, 4.69) is 96.7 Å². The highest BCUT2D eigenvalue weighted by atomic mass is 14.9. The van der Waals surface area contributed by atoms with Gasteiger partial charge in [-0.1, -0.05) is 60.7 Å². The summed E-state index contributed by atoms with van der Waals surface area (Å²) in [6.07, 6.45) is 2.29. The number of hydrogen-bond acceptors (Lipinski definition) is 0. The normalized spacial score (nSPS) is 12.0. The lowest BCUT2D eigenvalue weighted by Gasteiger charge is -2.12. The molecule has 0 aliphatic heterocycles. The zero-order valence-electron chi connectivity index (χ0n) is 14.5. The number of aryl methyl sites for hydroxylation is 1. The van der Waals surface area contributed by atoms with Crippen molar-refractivity contribution in [1.29, 1.82) is 0 Å². The summed E-state index contributed by atoms with van der Waals surface area (Å²) in [5, 5.41) is 3.94. The van der Waals surface area contributed by atoms with Gasteiger partial charge in [0.2, 0.25) is 0 Å². The van der Waals surface area contributed by atoms with Crippen molar-refractivity contribution in [2.45, 2.75) is 0 Å². The summed E-state index contributed by atoms with van der Waals surface area (Å²) in [7, 11) is 2.14. The molecule has 0 radical (unpaired) electrons. The molecule has 0 N–H and O–H groups in total. The van der Waals surface area contributed by atoms with Crippen molar-refractivity contribution in [2.75, 3.05) is 0 Å². The fourth-order valence-corrected chi connectivity index (χ4v) is 4.51. The van der Waals surface area contributed by atoms with E-state index in [1.807, 2.05) is 0 Å². The summed E-state index contributed by atoms with van der Waals surface area (Å²) in [6, 6.07) is 28.8. The van der Waals surface area contributed by atoms with Gasteiger partial charge in [-0.25, -0.2) is 0 Å². The molecule has 1 aromatic heterocycles. The van der Waals surface area contributed by atoms with E-state index in [-0.39, 0.29) is 0 Å². The highest BCUT2D eigenvalue weighted by Gasteiger charge is 2.23. The van der Waals surface area contributed by atoms with E-state index in [9.17, 15) is 0 Å². The maximum absolute atomic E-state index is 2.36.